The molecular formula is C22H26N2O2S2. The predicted octanol–water partition coefficient (Wildman–Crippen LogP) is 5.08. The third-order valence-electron chi connectivity index (χ3n) is 5.53. The van der Waals surface area contributed by atoms with Crippen molar-refractivity contribution < 1.29 is 8.42 Å². The van der Waals surface area contributed by atoms with Crippen LogP contribution in [0.25, 0.3) is 0 Å². The van der Waals surface area contributed by atoms with Crippen LogP contribution in [0, 0.1) is 34.6 Å². The van der Waals surface area contributed by atoms with Gasteiger partial charge in [-0.15, -0.1) is 0 Å². The van der Waals surface area contributed by atoms with E-state index < -0.39 is 10.0 Å². The molecule has 1 aromatic carbocycles. The summed E-state index contributed by atoms with van der Waals surface area (Å²) in [6.45, 7) is 10.4. The Labute approximate surface area is 171 Å². The molecule has 0 aliphatic carbocycles. The van der Waals surface area contributed by atoms with Gasteiger partial charge in [0.1, 0.15) is 0 Å². The first-order valence-corrected chi connectivity index (χ1v) is 11.6. The lowest BCUT2D eigenvalue weighted by Crippen LogP contribution is -2.32. The van der Waals surface area contributed by atoms with Crippen LogP contribution < -0.4 is 0 Å². The van der Waals surface area contributed by atoms with Crippen LogP contribution >= 0.6 is 11.3 Å². The van der Waals surface area contributed by atoms with E-state index >= 15 is 0 Å². The van der Waals surface area contributed by atoms with E-state index in [0.717, 1.165) is 39.1 Å². The van der Waals surface area contributed by atoms with Crippen molar-refractivity contribution in [2.75, 3.05) is 0 Å². The van der Waals surface area contributed by atoms with Crippen LogP contribution in [-0.4, -0.2) is 17.7 Å². The molecule has 0 fully saturated rings. The first kappa shape index (κ1) is 20.7. The van der Waals surface area contributed by atoms with Crippen LogP contribution in [0.2, 0.25) is 0 Å². The predicted molar refractivity (Wildman–Crippen MR) is 115 cm³/mol. The van der Waals surface area contributed by atoms with E-state index in [-0.39, 0.29) is 6.54 Å². The highest BCUT2D eigenvalue weighted by atomic mass is 32.2. The Morgan fingerprint density at radius 3 is 2.07 bits per heavy atom. The Balaban J connectivity index is 2.13. The first-order valence-electron chi connectivity index (χ1n) is 9.21. The maximum absolute atomic E-state index is 13.8. The Morgan fingerprint density at radius 1 is 0.893 bits per heavy atom. The average molecular weight is 415 g/mol. The molecule has 0 aliphatic heterocycles. The van der Waals surface area contributed by atoms with Crippen LogP contribution in [0.15, 0.2) is 46.1 Å². The van der Waals surface area contributed by atoms with Gasteiger partial charge in [-0.1, -0.05) is 6.07 Å². The van der Waals surface area contributed by atoms with Crippen LogP contribution in [0.4, 0.5) is 0 Å². The van der Waals surface area contributed by atoms with Crippen molar-refractivity contribution in [2.45, 2.75) is 52.6 Å². The molecule has 0 N–H and O–H groups in total. The van der Waals surface area contributed by atoms with Crippen LogP contribution in [-0.2, 0) is 23.1 Å². The molecule has 2 heterocycles. The van der Waals surface area contributed by atoms with Gasteiger partial charge in [0.2, 0.25) is 10.0 Å². The van der Waals surface area contributed by atoms with Crippen molar-refractivity contribution >= 4 is 21.4 Å². The highest BCUT2D eigenvalue weighted by Crippen LogP contribution is 2.32. The molecular weight excluding hydrogens is 388 g/mol. The summed E-state index contributed by atoms with van der Waals surface area (Å²) in [5, 5.41) is 3.96. The van der Waals surface area contributed by atoms with E-state index in [1.807, 2.05) is 62.7 Å². The van der Waals surface area contributed by atoms with Gasteiger partial charge in [0.25, 0.3) is 0 Å². The minimum atomic E-state index is -3.70. The van der Waals surface area contributed by atoms with Gasteiger partial charge in [-0.25, -0.2) is 8.42 Å². The molecule has 0 bridgehead atoms. The number of thiophene rings is 1. The first-order chi connectivity index (χ1) is 13.2. The van der Waals surface area contributed by atoms with Gasteiger partial charge in [-0.05, 0) is 97.0 Å². The lowest BCUT2D eigenvalue weighted by molar-refractivity contribution is 0.396. The fourth-order valence-electron chi connectivity index (χ4n) is 3.47. The van der Waals surface area contributed by atoms with Crippen LogP contribution in [0.1, 0.15) is 39.1 Å². The zero-order valence-corrected chi connectivity index (χ0v) is 18.6. The number of pyridine rings is 1. The fourth-order valence-corrected chi connectivity index (χ4v) is 6.09. The summed E-state index contributed by atoms with van der Waals surface area (Å²) in [7, 11) is -3.70. The summed E-state index contributed by atoms with van der Waals surface area (Å²) in [5.74, 6) is 0. The lowest BCUT2D eigenvalue weighted by atomic mass is 9.95. The molecule has 3 rings (SSSR count). The maximum Gasteiger partial charge on any atom is 0.244 e. The zero-order chi connectivity index (χ0) is 20.5. The number of hydrogen-bond donors (Lipinski definition) is 0. The molecule has 0 amide bonds. The van der Waals surface area contributed by atoms with E-state index in [1.54, 1.807) is 21.8 Å². The van der Waals surface area contributed by atoms with Gasteiger partial charge in [0.15, 0.2) is 0 Å². The summed E-state index contributed by atoms with van der Waals surface area (Å²) < 4.78 is 29.2. The summed E-state index contributed by atoms with van der Waals surface area (Å²) in [6.07, 6.45) is 1.70. The number of aromatic nitrogens is 1. The van der Waals surface area contributed by atoms with Crippen molar-refractivity contribution in [3.05, 3.63) is 80.3 Å². The largest absolute Gasteiger partial charge is 0.260 e. The quantitative estimate of drug-likeness (QED) is 0.565. The molecule has 0 saturated heterocycles. The van der Waals surface area contributed by atoms with Crippen LogP contribution in [0.3, 0.4) is 0 Å². The molecule has 0 saturated carbocycles. The smallest absolute Gasteiger partial charge is 0.244 e. The topological polar surface area (TPSA) is 50.3 Å². The summed E-state index contributed by atoms with van der Waals surface area (Å²) in [4.78, 5) is 4.78. The third kappa shape index (κ3) is 3.90. The molecule has 6 heteroatoms. The number of sulfonamides is 1. The maximum atomic E-state index is 13.8. The standard InChI is InChI=1S/C22H26N2O2S2/c1-15-16(2)18(4)22(19(5)17(15)3)28(25,26)24(12-20-9-11-27-14-20)13-21-8-6-7-10-23-21/h6-11,14H,12-13H2,1-5H3. The summed E-state index contributed by atoms with van der Waals surface area (Å²) in [5.41, 5.74) is 6.61. The molecule has 148 valence electrons. The molecule has 0 aliphatic rings. The van der Waals surface area contributed by atoms with Crippen LogP contribution in [0.5, 0.6) is 0 Å². The van der Waals surface area contributed by atoms with E-state index in [9.17, 15) is 8.42 Å². The van der Waals surface area contributed by atoms with Crippen molar-refractivity contribution in [3.8, 4) is 0 Å². The fraction of sp³-hybridized carbons (Fsp3) is 0.318. The van der Waals surface area contributed by atoms with Gasteiger partial charge < -0.3 is 0 Å². The van der Waals surface area contributed by atoms with Crippen molar-refractivity contribution in [1.29, 1.82) is 0 Å². The van der Waals surface area contributed by atoms with Gasteiger partial charge in [-0.2, -0.15) is 15.6 Å². The van der Waals surface area contributed by atoms with Crippen molar-refractivity contribution in [2.24, 2.45) is 0 Å². The molecule has 28 heavy (non-hydrogen) atoms. The Bertz CT molecular complexity index is 1040. The van der Waals surface area contributed by atoms with E-state index in [4.69, 9.17) is 0 Å². The molecule has 0 spiro atoms. The molecule has 3 aromatic rings. The lowest BCUT2D eigenvalue weighted by Gasteiger charge is -2.26. The Kier molecular flexibility index (Phi) is 6.03. The van der Waals surface area contributed by atoms with Crippen molar-refractivity contribution in [3.63, 3.8) is 0 Å². The monoisotopic (exact) mass is 414 g/mol. The molecule has 0 unspecified atom stereocenters. The second-order valence-electron chi connectivity index (χ2n) is 7.18. The number of rotatable bonds is 6. The SMILES string of the molecule is Cc1c(C)c(C)c(S(=O)(=O)N(Cc2ccsc2)Cc2ccccn2)c(C)c1C. The van der Waals surface area contributed by atoms with E-state index in [0.29, 0.717) is 11.4 Å². The molecule has 0 radical (unpaired) electrons. The highest BCUT2D eigenvalue weighted by molar-refractivity contribution is 7.89. The highest BCUT2D eigenvalue weighted by Gasteiger charge is 2.30. The molecule has 2 aromatic heterocycles. The van der Waals surface area contributed by atoms with E-state index in [2.05, 4.69) is 11.9 Å². The minimum absolute atomic E-state index is 0.240. The number of nitrogens with zero attached hydrogens (tertiary/aromatic N) is 2. The summed E-state index contributed by atoms with van der Waals surface area (Å²) >= 11 is 1.57. The molecule has 0 atom stereocenters. The number of hydrogen-bond acceptors (Lipinski definition) is 4. The van der Waals surface area contributed by atoms with Gasteiger partial charge in [0.05, 0.1) is 17.1 Å². The summed E-state index contributed by atoms with van der Waals surface area (Å²) in [6, 6.07) is 7.55. The average Bonchev–Trinajstić information content (AvgIpc) is 3.18. The Hall–Kier alpha value is -2.02. The second kappa shape index (κ2) is 8.15. The normalized spacial score (nSPS) is 11.9. The van der Waals surface area contributed by atoms with Crippen molar-refractivity contribution in [1.82, 2.24) is 9.29 Å². The third-order valence-corrected chi connectivity index (χ3v) is 8.33. The van der Waals surface area contributed by atoms with E-state index in [1.165, 1.54) is 0 Å². The number of benzene rings is 1. The zero-order valence-electron chi connectivity index (χ0n) is 17.0. The van der Waals surface area contributed by atoms with Gasteiger partial charge in [-0.3, -0.25) is 4.98 Å². The second-order valence-corrected chi connectivity index (χ2v) is 9.83. The minimum Gasteiger partial charge on any atom is -0.260 e. The van der Waals surface area contributed by atoms with Gasteiger partial charge >= 0.3 is 0 Å². The molecule has 4 nitrogen and oxygen atoms in total. The van der Waals surface area contributed by atoms with Gasteiger partial charge in [0, 0.05) is 12.7 Å². The Morgan fingerprint density at radius 2 is 1.54 bits per heavy atom.